The van der Waals surface area contributed by atoms with Gasteiger partial charge >= 0.3 is 12.1 Å². The number of aromatic nitrogens is 1. The lowest BCUT2D eigenvalue weighted by atomic mass is 10.0. The third kappa shape index (κ3) is 4.91. The topological polar surface area (TPSA) is 115 Å². The van der Waals surface area contributed by atoms with Crippen LogP contribution in [0.3, 0.4) is 0 Å². The highest BCUT2D eigenvalue weighted by Gasteiger charge is 2.32. The normalized spacial score (nSPS) is 13.3. The van der Waals surface area contributed by atoms with Crippen molar-refractivity contribution in [2.45, 2.75) is 32.4 Å². The van der Waals surface area contributed by atoms with Gasteiger partial charge in [-0.1, -0.05) is 13.8 Å². The third-order valence-corrected chi connectivity index (χ3v) is 4.68. The molecule has 8 nitrogen and oxygen atoms in total. The van der Waals surface area contributed by atoms with Gasteiger partial charge in [0.25, 0.3) is 5.91 Å². The maximum Gasteiger partial charge on any atom is 0.419 e. The number of carboxylic acids is 1. The SMILES string of the molecule is CC(C)[C@H](OC(=O)n1ccc2sccc21)C(=O)NC(CC(=O)O)C(=O)CF. The number of hydrogen-bond acceptors (Lipinski definition) is 6. The minimum Gasteiger partial charge on any atom is -0.481 e. The Morgan fingerprint density at radius 1 is 1.30 bits per heavy atom. The van der Waals surface area contributed by atoms with Gasteiger partial charge in [0, 0.05) is 6.20 Å². The number of thiophene rings is 1. The van der Waals surface area contributed by atoms with Crippen LogP contribution in [0.2, 0.25) is 0 Å². The van der Waals surface area contributed by atoms with E-state index in [4.69, 9.17) is 9.84 Å². The molecular weight excluding hydrogens is 379 g/mol. The Kier molecular flexibility index (Phi) is 6.67. The first kappa shape index (κ1) is 20.6. The molecule has 2 aromatic heterocycles. The highest BCUT2D eigenvalue weighted by Crippen LogP contribution is 2.22. The summed E-state index contributed by atoms with van der Waals surface area (Å²) in [4.78, 5) is 47.3. The lowest BCUT2D eigenvalue weighted by Crippen LogP contribution is -2.49. The summed E-state index contributed by atoms with van der Waals surface area (Å²) < 4.78 is 20.0. The first-order valence-electron chi connectivity index (χ1n) is 8.11. The fourth-order valence-electron chi connectivity index (χ4n) is 2.44. The fourth-order valence-corrected chi connectivity index (χ4v) is 3.21. The average Bonchev–Trinajstić information content (AvgIpc) is 3.20. The number of fused-ring (bicyclic) bond motifs is 1. The zero-order chi connectivity index (χ0) is 20.1. The molecule has 0 aliphatic rings. The summed E-state index contributed by atoms with van der Waals surface area (Å²) in [5, 5.41) is 12.8. The van der Waals surface area contributed by atoms with Gasteiger partial charge in [-0.3, -0.25) is 19.0 Å². The molecule has 0 aromatic carbocycles. The number of carboxylic acid groups (broad SMARTS) is 1. The van der Waals surface area contributed by atoms with E-state index in [9.17, 15) is 23.6 Å². The highest BCUT2D eigenvalue weighted by atomic mass is 32.1. The number of amides is 1. The molecule has 2 heterocycles. The van der Waals surface area contributed by atoms with Crippen molar-refractivity contribution in [3.05, 3.63) is 23.7 Å². The maximum absolute atomic E-state index is 12.6. The molecule has 27 heavy (non-hydrogen) atoms. The summed E-state index contributed by atoms with van der Waals surface area (Å²) in [6.45, 7) is 1.83. The standard InChI is InChI=1S/C17H19FN2O6S/c1-9(2)15(16(24)19-10(7-14(22)23)12(21)8-18)26-17(25)20-5-3-13-11(20)4-6-27-13/h3-6,9-10,15H,7-8H2,1-2H3,(H,19,24)(H,22,23)/t10?,15-/m0/s1. The number of rotatable bonds is 8. The molecular formula is C17H19FN2O6S. The van der Waals surface area contributed by atoms with Crippen LogP contribution >= 0.6 is 11.3 Å². The second-order valence-electron chi connectivity index (χ2n) is 6.16. The Morgan fingerprint density at radius 3 is 2.59 bits per heavy atom. The number of Topliss-reactive ketones (excluding diaryl/α,β-unsaturated/α-hetero) is 1. The molecule has 1 amide bonds. The molecule has 0 spiro atoms. The van der Waals surface area contributed by atoms with E-state index in [1.165, 1.54) is 22.1 Å². The zero-order valence-electron chi connectivity index (χ0n) is 14.7. The van der Waals surface area contributed by atoms with Gasteiger partial charge in [0.1, 0.15) is 12.7 Å². The summed E-state index contributed by atoms with van der Waals surface area (Å²) in [6, 6.07) is 1.93. The van der Waals surface area contributed by atoms with Crippen LogP contribution in [-0.4, -0.2) is 52.2 Å². The molecule has 0 radical (unpaired) electrons. The molecule has 0 fully saturated rings. The van der Waals surface area contributed by atoms with Gasteiger partial charge in [-0.2, -0.15) is 0 Å². The average molecular weight is 398 g/mol. The Morgan fingerprint density at radius 2 is 2.00 bits per heavy atom. The van der Waals surface area contributed by atoms with Gasteiger partial charge in [-0.15, -0.1) is 11.3 Å². The van der Waals surface area contributed by atoms with E-state index in [-0.39, 0.29) is 0 Å². The Hall–Kier alpha value is -2.75. The minimum absolute atomic E-state index is 0.464. The predicted molar refractivity (Wildman–Crippen MR) is 95.5 cm³/mol. The Bertz CT molecular complexity index is 859. The van der Waals surface area contributed by atoms with E-state index in [1.807, 2.05) is 0 Å². The summed E-state index contributed by atoms with van der Waals surface area (Å²) in [6.07, 6.45) is -1.32. The van der Waals surface area contributed by atoms with E-state index in [0.717, 1.165) is 4.70 Å². The van der Waals surface area contributed by atoms with Crippen molar-refractivity contribution in [2.24, 2.45) is 5.92 Å². The number of nitrogens with one attached hydrogen (secondary N) is 1. The summed E-state index contributed by atoms with van der Waals surface area (Å²) in [7, 11) is 0. The first-order chi connectivity index (χ1) is 12.7. The van der Waals surface area contributed by atoms with Gasteiger partial charge in [-0.05, 0) is 23.4 Å². The van der Waals surface area contributed by atoms with Crippen molar-refractivity contribution in [3.8, 4) is 0 Å². The lowest BCUT2D eigenvalue weighted by Gasteiger charge is -2.23. The number of carbonyl (C=O) groups excluding carboxylic acids is 3. The number of carbonyl (C=O) groups is 4. The molecule has 0 aliphatic heterocycles. The fraction of sp³-hybridized carbons (Fsp3) is 0.412. The molecule has 2 rings (SSSR count). The van der Waals surface area contributed by atoms with Crippen LogP contribution in [0.4, 0.5) is 9.18 Å². The number of ether oxygens (including phenoxy) is 1. The second-order valence-corrected chi connectivity index (χ2v) is 7.11. The van der Waals surface area contributed by atoms with Crippen LogP contribution < -0.4 is 5.32 Å². The monoisotopic (exact) mass is 398 g/mol. The van der Waals surface area contributed by atoms with Crippen LogP contribution in [0.5, 0.6) is 0 Å². The molecule has 2 aromatic rings. The number of nitrogens with zero attached hydrogens (tertiary/aromatic N) is 1. The molecule has 0 aliphatic carbocycles. The predicted octanol–water partition coefficient (Wildman–Crippen LogP) is 2.21. The van der Waals surface area contributed by atoms with Crippen LogP contribution in [0.25, 0.3) is 10.2 Å². The van der Waals surface area contributed by atoms with Gasteiger partial charge in [-0.25, -0.2) is 9.18 Å². The molecule has 2 N–H and O–H groups in total. The number of aliphatic carboxylic acids is 1. The molecule has 1 unspecified atom stereocenters. The zero-order valence-corrected chi connectivity index (χ0v) is 15.5. The van der Waals surface area contributed by atoms with E-state index in [0.29, 0.717) is 5.52 Å². The number of ketones is 1. The van der Waals surface area contributed by atoms with Crippen molar-refractivity contribution in [1.29, 1.82) is 0 Å². The molecule has 2 atom stereocenters. The summed E-state index contributed by atoms with van der Waals surface area (Å²) in [5.41, 5.74) is 0.629. The first-order valence-corrected chi connectivity index (χ1v) is 8.99. The van der Waals surface area contributed by atoms with Crippen molar-refractivity contribution >= 4 is 45.3 Å². The van der Waals surface area contributed by atoms with Gasteiger partial charge < -0.3 is 15.2 Å². The van der Waals surface area contributed by atoms with E-state index in [1.54, 1.807) is 31.4 Å². The van der Waals surface area contributed by atoms with Crippen LogP contribution in [0.15, 0.2) is 23.7 Å². The number of hydrogen-bond donors (Lipinski definition) is 2. The quantitative estimate of drug-likeness (QED) is 0.705. The molecule has 0 saturated carbocycles. The minimum atomic E-state index is -1.53. The number of alkyl halides is 1. The van der Waals surface area contributed by atoms with Gasteiger partial charge in [0.2, 0.25) is 0 Å². The molecule has 10 heteroatoms. The van der Waals surface area contributed by atoms with E-state index >= 15 is 0 Å². The van der Waals surface area contributed by atoms with Crippen molar-refractivity contribution < 1.29 is 33.4 Å². The lowest BCUT2D eigenvalue weighted by molar-refractivity contribution is -0.141. The van der Waals surface area contributed by atoms with E-state index in [2.05, 4.69) is 5.32 Å². The highest BCUT2D eigenvalue weighted by molar-refractivity contribution is 7.17. The van der Waals surface area contributed by atoms with Gasteiger partial charge in [0.05, 0.1) is 16.6 Å². The van der Waals surface area contributed by atoms with Crippen molar-refractivity contribution in [3.63, 3.8) is 0 Å². The molecule has 0 saturated heterocycles. The summed E-state index contributed by atoms with van der Waals surface area (Å²) >= 11 is 1.44. The van der Waals surface area contributed by atoms with Crippen molar-refractivity contribution in [1.82, 2.24) is 9.88 Å². The van der Waals surface area contributed by atoms with E-state index < -0.39 is 54.9 Å². The Labute approximate surface area is 157 Å². The van der Waals surface area contributed by atoms with Crippen LogP contribution in [0, 0.1) is 5.92 Å². The summed E-state index contributed by atoms with van der Waals surface area (Å²) in [5.74, 6) is -3.76. The van der Waals surface area contributed by atoms with Gasteiger partial charge in [0.15, 0.2) is 11.9 Å². The third-order valence-electron chi connectivity index (χ3n) is 3.81. The van der Waals surface area contributed by atoms with Crippen molar-refractivity contribution in [2.75, 3.05) is 6.67 Å². The van der Waals surface area contributed by atoms with Crippen LogP contribution in [-0.2, 0) is 19.1 Å². The van der Waals surface area contributed by atoms with Crippen LogP contribution in [0.1, 0.15) is 20.3 Å². The Balaban J connectivity index is 2.14. The smallest absolute Gasteiger partial charge is 0.419 e. The molecule has 0 bridgehead atoms. The number of halogens is 1. The maximum atomic E-state index is 12.6. The second kappa shape index (κ2) is 8.76. The molecule has 146 valence electrons. The largest absolute Gasteiger partial charge is 0.481 e.